The van der Waals surface area contributed by atoms with Crippen LogP contribution in [0.3, 0.4) is 0 Å². The van der Waals surface area contributed by atoms with Crippen LogP contribution in [-0.4, -0.2) is 31.1 Å². The maximum Gasteiger partial charge on any atom is 0.119 e. The summed E-state index contributed by atoms with van der Waals surface area (Å²) < 4.78 is 5.57. The molecule has 0 heterocycles. The van der Waals surface area contributed by atoms with E-state index in [2.05, 4.69) is 51.9 Å². The average Bonchev–Trinajstić information content (AvgIpc) is 2.35. The van der Waals surface area contributed by atoms with Gasteiger partial charge in [-0.2, -0.15) is 0 Å². The normalized spacial score (nSPS) is 13.7. The van der Waals surface area contributed by atoms with E-state index >= 15 is 0 Å². The summed E-state index contributed by atoms with van der Waals surface area (Å²) in [5, 5.41) is 0. The first-order valence-electron chi connectivity index (χ1n) is 6.55. The van der Waals surface area contributed by atoms with Crippen LogP contribution in [0.2, 0.25) is 0 Å². The van der Waals surface area contributed by atoms with Crippen LogP contribution in [0.25, 0.3) is 0 Å². The Bertz CT molecular complexity index is 357. The molecule has 0 fully saturated rings. The van der Waals surface area contributed by atoms with Gasteiger partial charge >= 0.3 is 0 Å². The van der Waals surface area contributed by atoms with E-state index in [0.717, 1.165) is 24.3 Å². The predicted octanol–water partition coefficient (Wildman–Crippen LogP) is 2.82. The highest BCUT2D eigenvalue weighted by Gasteiger charge is 2.29. The number of ether oxygens (including phenoxy) is 1. The zero-order valence-corrected chi connectivity index (χ0v) is 12.2. The molecule has 0 saturated heterocycles. The van der Waals surface area contributed by atoms with Crippen LogP contribution in [0.5, 0.6) is 5.75 Å². The molecule has 0 aromatic heterocycles. The number of benzene rings is 1. The number of nitrogens with two attached hydrogens (primary N) is 1. The number of nitrogens with zero attached hydrogens (tertiary/aromatic N) is 1. The Labute approximate surface area is 111 Å². The van der Waals surface area contributed by atoms with Gasteiger partial charge in [-0.05, 0) is 52.1 Å². The first kappa shape index (κ1) is 15.0. The van der Waals surface area contributed by atoms with Crippen molar-refractivity contribution in [2.75, 3.05) is 20.7 Å². The summed E-state index contributed by atoms with van der Waals surface area (Å²) in [4.78, 5) is 2.15. The maximum absolute atomic E-state index is 6.34. The predicted molar refractivity (Wildman–Crippen MR) is 76.9 cm³/mol. The second kappa shape index (κ2) is 6.21. The van der Waals surface area contributed by atoms with E-state index in [1.54, 1.807) is 0 Å². The lowest BCUT2D eigenvalue weighted by molar-refractivity contribution is 0.159. The average molecular weight is 250 g/mol. The smallest absolute Gasteiger partial charge is 0.119 e. The van der Waals surface area contributed by atoms with E-state index in [0.29, 0.717) is 0 Å². The molecule has 0 radical (unpaired) electrons. The fourth-order valence-corrected chi connectivity index (χ4v) is 1.68. The lowest BCUT2D eigenvalue weighted by Crippen LogP contribution is -2.47. The standard InChI is InChI=1S/C15H26N2O/c1-6-11-18-13-9-7-12(8-10-13)14(16)15(2,3)17(4)5/h7-10,14H,6,11,16H2,1-5H3. The number of likely N-dealkylation sites (N-methyl/N-ethyl adjacent to an activating group) is 1. The molecule has 1 aromatic rings. The molecule has 0 aliphatic heterocycles. The SMILES string of the molecule is CCCOc1ccc(C(N)C(C)(C)N(C)C)cc1. The first-order valence-corrected chi connectivity index (χ1v) is 6.55. The van der Waals surface area contributed by atoms with Crippen LogP contribution < -0.4 is 10.5 Å². The van der Waals surface area contributed by atoms with Crippen LogP contribution in [0, 0.1) is 0 Å². The summed E-state index contributed by atoms with van der Waals surface area (Å²) in [6.45, 7) is 7.16. The highest BCUT2D eigenvalue weighted by Crippen LogP contribution is 2.28. The topological polar surface area (TPSA) is 38.5 Å². The highest BCUT2D eigenvalue weighted by atomic mass is 16.5. The van der Waals surface area contributed by atoms with Gasteiger partial charge < -0.3 is 15.4 Å². The molecule has 1 atom stereocenters. The molecule has 0 aliphatic rings. The zero-order chi connectivity index (χ0) is 13.8. The molecular formula is C15H26N2O. The van der Waals surface area contributed by atoms with Gasteiger partial charge in [-0.15, -0.1) is 0 Å². The van der Waals surface area contributed by atoms with Crippen LogP contribution in [0.4, 0.5) is 0 Å². The minimum atomic E-state index is -0.0776. The molecule has 2 N–H and O–H groups in total. The molecule has 1 aromatic carbocycles. The summed E-state index contributed by atoms with van der Waals surface area (Å²) in [6.07, 6.45) is 1.02. The van der Waals surface area contributed by atoms with Crippen molar-refractivity contribution in [3.8, 4) is 5.75 Å². The van der Waals surface area contributed by atoms with Crippen LogP contribution in [0.15, 0.2) is 24.3 Å². The summed E-state index contributed by atoms with van der Waals surface area (Å²) in [5.74, 6) is 0.912. The van der Waals surface area contributed by atoms with Crippen LogP contribution in [-0.2, 0) is 0 Å². The van der Waals surface area contributed by atoms with E-state index in [-0.39, 0.29) is 11.6 Å². The minimum absolute atomic E-state index is 0.0206. The van der Waals surface area contributed by atoms with Gasteiger partial charge in [0.1, 0.15) is 5.75 Å². The van der Waals surface area contributed by atoms with Gasteiger partial charge in [-0.1, -0.05) is 19.1 Å². The lowest BCUT2D eigenvalue weighted by atomic mass is 9.88. The van der Waals surface area contributed by atoms with Gasteiger partial charge in [0.2, 0.25) is 0 Å². The molecule has 0 aliphatic carbocycles. The monoisotopic (exact) mass is 250 g/mol. The van der Waals surface area contributed by atoms with E-state index in [1.807, 2.05) is 12.1 Å². The van der Waals surface area contributed by atoms with Gasteiger partial charge in [0.05, 0.1) is 6.61 Å². The van der Waals surface area contributed by atoms with E-state index in [4.69, 9.17) is 10.5 Å². The Hall–Kier alpha value is -1.06. The summed E-state index contributed by atoms with van der Waals surface area (Å²) in [6, 6.07) is 8.09. The Morgan fingerprint density at radius 2 is 1.78 bits per heavy atom. The molecule has 0 saturated carbocycles. The fourth-order valence-electron chi connectivity index (χ4n) is 1.68. The van der Waals surface area contributed by atoms with Gasteiger partial charge in [0, 0.05) is 11.6 Å². The molecule has 3 nitrogen and oxygen atoms in total. The van der Waals surface area contributed by atoms with Gasteiger partial charge in [0.15, 0.2) is 0 Å². The molecule has 0 spiro atoms. The van der Waals surface area contributed by atoms with Crippen LogP contribution >= 0.6 is 0 Å². The largest absolute Gasteiger partial charge is 0.494 e. The second-order valence-electron chi connectivity index (χ2n) is 5.44. The van der Waals surface area contributed by atoms with Gasteiger partial charge in [-0.3, -0.25) is 0 Å². The Balaban J connectivity index is 2.78. The summed E-state index contributed by atoms with van der Waals surface area (Å²) in [7, 11) is 4.11. The molecule has 0 amide bonds. The molecular weight excluding hydrogens is 224 g/mol. The number of hydrogen-bond donors (Lipinski definition) is 1. The zero-order valence-electron chi connectivity index (χ0n) is 12.2. The molecule has 3 heteroatoms. The third-order valence-electron chi connectivity index (χ3n) is 3.63. The molecule has 0 bridgehead atoms. The maximum atomic E-state index is 6.34. The van der Waals surface area contributed by atoms with Gasteiger partial charge in [-0.25, -0.2) is 0 Å². The Kier molecular flexibility index (Phi) is 5.17. The second-order valence-corrected chi connectivity index (χ2v) is 5.44. The highest BCUT2D eigenvalue weighted by molar-refractivity contribution is 5.30. The van der Waals surface area contributed by atoms with Crippen molar-refractivity contribution in [3.63, 3.8) is 0 Å². The van der Waals surface area contributed by atoms with Crippen molar-refractivity contribution in [1.82, 2.24) is 4.90 Å². The molecule has 18 heavy (non-hydrogen) atoms. The van der Waals surface area contributed by atoms with E-state index in [1.165, 1.54) is 0 Å². The molecule has 102 valence electrons. The minimum Gasteiger partial charge on any atom is -0.494 e. The third kappa shape index (κ3) is 3.47. The molecule has 1 rings (SSSR count). The Morgan fingerprint density at radius 1 is 1.22 bits per heavy atom. The lowest BCUT2D eigenvalue weighted by Gasteiger charge is -2.38. The summed E-state index contributed by atoms with van der Waals surface area (Å²) >= 11 is 0. The van der Waals surface area contributed by atoms with Crippen LogP contribution in [0.1, 0.15) is 38.8 Å². The van der Waals surface area contributed by atoms with Crippen molar-refractivity contribution < 1.29 is 4.74 Å². The number of rotatable bonds is 6. The first-order chi connectivity index (χ1) is 8.39. The van der Waals surface area contributed by atoms with E-state index < -0.39 is 0 Å². The Morgan fingerprint density at radius 3 is 2.22 bits per heavy atom. The third-order valence-corrected chi connectivity index (χ3v) is 3.63. The van der Waals surface area contributed by atoms with E-state index in [9.17, 15) is 0 Å². The van der Waals surface area contributed by atoms with Gasteiger partial charge in [0.25, 0.3) is 0 Å². The number of hydrogen-bond acceptors (Lipinski definition) is 3. The van der Waals surface area contributed by atoms with Crippen molar-refractivity contribution >= 4 is 0 Å². The van der Waals surface area contributed by atoms with Crippen molar-refractivity contribution in [1.29, 1.82) is 0 Å². The quantitative estimate of drug-likeness (QED) is 0.843. The van der Waals surface area contributed by atoms with Crippen molar-refractivity contribution in [3.05, 3.63) is 29.8 Å². The molecule has 1 unspecified atom stereocenters. The van der Waals surface area contributed by atoms with Crippen molar-refractivity contribution in [2.45, 2.75) is 38.8 Å². The summed E-state index contributed by atoms with van der Waals surface area (Å²) in [5.41, 5.74) is 7.40. The fraction of sp³-hybridized carbons (Fsp3) is 0.600. The van der Waals surface area contributed by atoms with Crippen molar-refractivity contribution in [2.24, 2.45) is 5.73 Å².